The molecule has 190 valence electrons. The molecule has 1 heterocycles. The van der Waals surface area contributed by atoms with Gasteiger partial charge in [-0.1, -0.05) is 109 Å². The molecule has 1 unspecified atom stereocenters. The summed E-state index contributed by atoms with van der Waals surface area (Å²) < 4.78 is 1.04. The summed E-state index contributed by atoms with van der Waals surface area (Å²) in [6.45, 7) is 2.26. The first kappa shape index (κ1) is 28.3. The number of rotatable bonds is 18. The van der Waals surface area contributed by atoms with Crippen LogP contribution in [0.3, 0.4) is 0 Å². The van der Waals surface area contributed by atoms with Gasteiger partial charge in [0.2, 0.25) is 0 Å². The monoisotopic (exact) mass is 491 g/mol. The van der Waals surface area contributed by atoms with E-state index < -0.39 is 17.6 Å². The Morgan fingerprint density at radius 2 is 1.47 bits per heavy atom. The summed E-state index contributed by atoms with van der Waals surface area (Å²) in [6, 6.07) is 6.91. The molecule has 0 fully saturated rings. The van der Waals surface area contributed by atoms with Crippen molar-refractivity contribution in [1.82, 2.24) is 9.66 Å². The molecule has 34 heavy (non-hydrogen) atoms. The molecule has 0 bridgehead atoms. The molecule has 0 aliphatic carbocycles. The quantitative estimate of drug-likeness (QED) is 0.181. The molecule has 2 rings (SSSR count). The minimum Gasteiger partial charge on any atom is -0.385 e. The van der Waals surface area contributed by atoms with E-state index in [2.05, 4.69) is 17.3 Å². The number of aromatic nitrogens is 2. The van der Waals surface area contributed by atoms with E-state index in [0.717, 1.165) is 23.9 Å². The Morgan fingerprint density at radius 1 is 0.941 bits per heavy atom. The van der Waals surface area contributed by atoms with Gasteiger partial charge in [0.05, 0.1) is 10.9 Å². The Labute approximate surface area is 209 Å². The lowest BCUT2D eigenvalue weighted by Crippen LogP contribution is -2.37. The average Bonchev–Trinajstić information content (AvgIpc) is 2.85. The first-order valence-corrected chi connectivity index (χ1v) is 13.7. The number of carbonyl (C=O) groups is 1. The zero-order valence-electron chi connectivity index (χ0n) is 20.7. The summed E-state index contributed by atoms with van der Waals surface area (Å²) in [6.07, 6.45) is 17.3. The van der Waals surface area contributed by atoms with Gasteiger partial charge in [-0.25, -0.2) is 4.98 Å². The fourth-order valence-electron chi connectivity index (χ4n) is 4.30. The fourth-order valence-corrected chi connectivity index (χ4v) is 4.36. The minimum atomic E-state index is -0.940. The van der Waals surface area contributed by atoms with Gasteiger partial charge in [0.15, 0.2) is 5.82 Å². The molecule has 7 heteroatoms. The summed E-state index contributed by atoms with van der Waals surface area (Å²) >= 11 is 5.60. The van der Waals surface area contributed by atoms with Crippen LogP contribution in [0.4, 0.5) is 0 Å². The number of amides is 1. The number of nitrogens with one attached hydrogen (secondary N) is 1. The van der Waals surface area contributed by atoms with Crippen LogP contribution >= 0.6 is 11.6 Å². The first-order chi connectivity index (χ1) is 16.6. The number of aliphatic hydroxyl groups excluding tert-OH is 1. The van der Waals surface area contributed by atoms with Crippen LogP contribution in [0.2, 0.25) is 0 Å². The zero-order chi connectivity index (χ0) is 24.6. The number of benzene rings is 1. The highest BCUT2D eigenvalue weighted by atomic mass is 35.5. The smallest absolute Gasteiger partial charge is 0.280 e. The molecule has 1 aromatic heterocycles. The Morgan fingerprint density at radius 3 is 2.03 bits per heavy atom. The lowest BCUT2D eigenvalue weighted by molar-refractivity contribution is -0.114. The molecule has 0 radical (unpaired) electrons. The number of nitrogens with zero attached hydrogens (tertiary/aromatic N) is 2. The number of hydrogen-bond donors (Lipinski definition) is 2. The highest BCUT2D eigenvalue weighted by Gasteiger charge is 2.19. The second-order valence-electron chi connectivity index (χ2n) is 9.20. The van der Waals surface area contributed by atoms with Gasteiger partial charge < -0.3 is 5.11 Å². The van der Waals surface area contributed by atoms with E-state index in [-0.39, 0.29) is 11.7 Å². The Balaban J connectivity index is 1.71. The van der Waals surface area contributed by atoms with Crippen LogP contribution in [0.1, 0.15) is 115 Å². The van der Waals surface area contributed by atoms with E-state index in [1.807, 2.05) is 0 Å². The third-order valence-corrected chi connectivity index (χ3v) is 6.53. The van der Waals surface area contributed by atoms with Crippen molar-refractivity contribution in [3.63, 3.8) is 0 Å². The Bertz CT molecular complexity index is 916. The molecule has 1 atom stereocenters. The summed E-state index contributed by atoms with van der Waals surface area (Å²) in [5.74, 6) is -0.657. The maximum atomic E-state index is 12.9. The van der Waals surface area contributed by atoms with Crippen molar-refractivity contribution in [2.24, 2.45) is 0 Å². The van der Waals surface area contributed by atoms with E-state index in [1.165, 1.54) is 70.6 Å². The van der Waals surface area contributed by atoms with Crippen LogP contribution in [-0.4, -0.2) is 26.6 Å². The third kappa shape index (κ3) is 9.75. The molecule has 0 saturated carbocycles. The molecule has 0 spiro atoms. The molecule has 6 nitrogen and oxygen atoms in total. The van der Waals surface area contributed by atoms with Crippen LogP contribution in [-0.2, 0) is 4.79 Å². The topological polar surface area (TPSA) is 84.2 Å². The average molecular weight is 492 g/mol. The van der Waals surface area contributed by atoms with Gasteiger partial charge in [-0.15, -0.1) is 11.6 Å². The van der Waals surface area contributed by atoms with Crippen molar-refractivity contribution >= 4 is 28.4 Å². The number of carbonyl (C=O) groups excluding carboxylic acids is 1. The third-order valence-electron chi connectivity index (χ3n) is 6.29. The van der Waals surface area contributed by atoms with Crippen LogP contribution in [0.25, 0.3) is 10.9 Å². The van der Waals surface area contributed by atoms with E-state index in [4.69, 9.17) is 11.6 Å². The zero-order valence-corrected chi connectivity index (χ0v) is 21.5. The highest BCUT2D eigenvalue weighted by molar-refractivity contribution is 6.28. The summed E-state index contributed by atoms with van der Waals surface area (Å²) in [5, 5.41) is 11.1. The molecular formula is C27H42ClN3O3. The van der Waals surface area contributed by atoms with Crippen molar-refractivity contribution in [1.29, 1.82) is 0 Å². The van der Waals surface area contributed by atoms with Gasteiger partial charge in [0.25, 0.3) is 11.5 Å². The van der Waals surface area contributed by atoms with Crippen molar-refractivity contribution in [2.45, 2.75) is 109 Å². The largest absolute Gasteiger partial charge is 0.385 e. The van der Waals surface area contributed by atoms with E-state index in [1.54, 1.807) is 24.3 Å². The van der Waals surface area contributed by atoms with E-state index in [0.29, 0.717) is 17.3 Å². The molecule has 2 N–H and O–H groups in total. The molecule has 1 aromatic carbocycles. The second-order valence-corrected chi connectivity index (χ2v) is 9.46. The Kier molecular flexibility index (Phi) is 13.9. The maximum absolute atomic E-state index is 12.9. The number of alkyl halides is 1. The lowest BCUT2D eigenvalue weighted by atomic mass is 10.0. The molecule has 1 amide bonds. The van der Waals surface area contributed by atoms with E-state index in [9.17, 15) is 14.7 Å². The van der Waals surface area contributed by atoms with Gasteiger partial charge >= 0.3 is 0 Å². The number of hydrogen-bond acceptors (Lipinski definition) is 4. The number of aliphatic hydroxyl groups is 1. The van der Waals surface area contributed by atoms with Gasteiger partial charge in [0, 0.05) is 0 Å². The highest BCUT2D eigenvalue weighted by Crippen LogP contribution is 2.20. The number of unbranched alkanes of at least 4 members (excludes halogenated alkanes) is 13. The van der Waals surface area contributed by atoms with Gasteiger partial charge in [-0.05, 0) is 18.6 Å². The van der Waals surface area contributed by atoms with E-state index >= 15 is 0 Å². The van der Waals surface area contributed by atoms with Crippen molar-refractivity contribution < 1.29 is 9.90 Å². The summed E-state index contributed by atoms with van der Waals surface area (Å²) in [7, 11) is 0. The molecule has 0 saturated heterocycles. The van der Waals surface area contributed by atoms with Gasteiger partial charge in [0.1, 0.15) is 12.0 Å². The van der Waals surface area contributed by atoms with Crippen molar-refractivity contribution in [2.75, 3.05) is 11.3 Å². The molecule has 0 aliphatic heterocycles. The second kappa shape index (κ2) is 16.7. The van der Waals surface area contributed by atoms with Crippen molar-refractivity contribution in [3.05, 3.63) is 40.4 Å². The first-order valence-electron chi connectivity index (χ1n) is 13.1. The van der Waals surface area contributed by atoms with Crippen LogP contribution < -0.4 is 11.0 Å². The predicted octanol–water partition coefficient (Wildman–Crippen LogP) is 6.61. The summed E-state index contributed by atoms with van der Waals surface area (Å²) in [4.78, 5) is 29.2. The fraction of sp³-hybridized carbons (Fsp3) is 0.667. The predicted molar refractivity (Wildman–Crippen MR) is 141 cm³/mol. The van der Waals surface area contributed by atoms with Crippen LogP contribution in [0, 0.1) is 0 Å². The van der Waals surface area contributed by atoms with Gasteiger partial charge in [-0.2, -0.15) is 4.68 Å². The SMILES string of the molecule is CCCCCCCCCCCCCCCCC(O)c1nc2ccccc2c(=O)n1NC(=O)CCl. The van der Waals surface area contributed by atoms with Crippen LogP contribution in [0.15, 0.2) is 29.1 Å². The minimum absolute atomic E-state index is 0.150. The number of para-hydroxylation sites is 1. The lowest BCUT2D eigenvalue weighted by Gasteiger charge is -2.17. The standard InChI is InChI=1S/C27H42ClN3O3/c1-2-3-4-5-6-7-8-9-10-11-12-13-14-15-20-24(32)26-29-23-19-17-16-18-22(23)27(34)31(26)30-25(33)21-28/h16-19,24,32H,2-15,20-21H2,1H3,(H,30,33). The number of fused-ring (bicyclic) bond motifs is 1. The maximum Gasteiger partial charge on any atom is 0.280 e. The molecule has 0 aliphatic rings. The summed E-state index contributed by atoms with van der Waals surface area (Å²) in [5.41, 5.74) is 2.55. The molecule has 2 aromatic rings. The van der Waals surface area contributed by atoms with Crippen LogP contribution in [0.5, 0.6) is 0 Å². The van der Waals surface area contributed by atoms with Gasteiger partial charge in [-0.3, -0.25) is 15.0 Å². The number of halogens is 1. The Hall–Kier alpha value is -1.92. The van der Waals surface area contributed by atoms with Crippen molar-refractivity contribution in [3.8, 4) is 0 Å². The molecular weight excluding hydrogens is 450 g/mol. The normalized spacial score (nSPS) is 12.2.